The first kappa shape index (κ1) is 12.6. The second-order valence-electron chi connectivity index (χ2n) is 4.06. The smallest absolute Gasteiger partial charge is 0.205 e. The van der Waals surface area contributed by atoms with Gasteiger partial charge in [0.1, 0.15) is 5.76 Å². The molecular weight excluding hydrogens is 270 g/mol. The molecule has 5 heteroatoms. The minimum atomic E-state index is 0.713. The van der Waals surface area contributed by atoms with Crippen molar-refractivity contribution in [2.24, 2.45) is 10.1 Å². The number of rotatable bonds is 3. The number of nitrogens with zero attached hydrogens (tertiary/aromatic N) is 3. The van der Waals surface area contributed by atoms with Crippen LogP contribution in [0, 0.1) is 0 Å². The van der Waals surface area contributed by atoms with Gasteiger partial charge < -0.3 is 4.42 Å². The van der Waals surface area contributed by atoms with Crippen molar-refractivity contribution in [1.29, 1.82) is 0 Å². The van der Waals surface area contributed by atoms with E-state index in [1.165, 1.54) is 0 Å². The molecule has 1 aromatic carbocycles. The Morgan fingerprint density at radius 1 is 1.15 bits per heavy atom. The quantitative estimate of drug-likeness (QED) is 0.680. The first-order chi connectivity index (χ1) is 9.88. The van der Waals surface area contributed by atoms with Crippen LogP contribution < -0.4 is 4.80 Å². The molecule has 0 N–H and O–H groups in total. The Morgan fingerprint density at radius 2 is 2.00 bits per heavy atom. The van der Waals surface area contributed by atoms with Gasteiger partial charge in [0.25, 0.3) is 0 Å². The molecule has 100 valence electrons. The molecule has 2 aromatic heterocycles. The average molecular weight is 283 g/mol. The number of aromatic nitrogens is 1. The van der Waals surface area contributed by atoms with Gasteiger partial charge in [-0.25, -0.2) is 4.68 Å². The van der Waals surface area contributed by atoms with Crippen LogP contribution in [0.2, 0.25) is 0 Å². The Labute approximate surface area is 120 Å². The van der Waals surface area contributed by atoms with Crippen molar-refractivity contribution in [1.82, 2.24) is 4.68 Å². The maximum atomic E-state index is 5.26. The van der Waals surface area contributed by atoms with Gasteiger partial charge in [-0.2, -0.15) is 5.10 Å². The Bertz CT molecular complexity index is 767. The lowest BCUT2D eigenvalue weighted by Gasteiger charge is -2.02. The fourth-order valence-corrected chi connectivity index (χ4v) is 2.65. The molecule has 0 spiro atoms. The molecule has 0 unspecified atom stereocenters. The van der Waals surface area contributed by atoms with Gasteiger partial charge in [0.2, 0.25) is 4.80 Å². The van der Waals surface area contributed by atoms with Crippen LogP contribution in [0.4, 0.5) is 0 Å². The van der Waals surface area contributed by atoms with E-state index >= 15 is 0 Å². The Hall–Kier alpha value is -2.40. The van der Waals surface area contributed by atoms with Gasteiger partial charge in [0.05, 0.1) is 18.2 Å². The van der Waals surface area contributed by atoms with E-state index in [0.29, 0.717) is 5.76 Å². The number of benzene rings is 1. The zero-order chi connectivity index (χ0) is 13.8. The van der Waals surface area contributed by atoms with Crippen LogP contribution in [0.1, 0.15) is 5.76 Å². The Balaban J connectivity index is 2.07. The van der Waals surface area contributed by atoms with Crippen molar-refractivity contribution < 1.29 is 4.42 Å². The van der Waals surface area contributed by atoms with Gasteiger partial charge in [-0.15, -0.1) is 11.3 Å². The Morgan fingerprint density at radius 3 is 2.70 bits per heavy atom. The summed E-state index contributed by atoms with van der Waals surface area (Å²) < 4.78 is 7.08. The first-order valence-corrected chi connectivity index (χ1v) is 7.03. The van der Waals surface area contributed by atoms with Gasteiger partial charge in [0.15, 0.2) is 0 Å². The van der Waals surface area contributed by atoms with Crippen molar-refractivity contribution in [3.05, 3.63) is 64.7 Å². The van der Waals surface area contributed by atoms with Gasteiger partial charge in [0, 0.05) is 18.0 Å². The van der Waals surface area contributed by atoms with Gasteiger partial charge in [-0.05, 0) is 12.1 Å². The average Bonchev–Trinajstić information content (AvgIpc) is 3.15. The molecule has 0 radical (unpaired) electrons. The molecule has 3 aromatic rings. The number of hydrogen-bond acceptors (Lipinski definition) is 4. The van der Waals surface area contributed by atoms with E-state index in [4.69, 9.17) is 4.42 Å². The second-order valence-corrected chi connectivity index (χ2v) is 4.90. The molecule has 3 rings (SSSR count). The lowest BCUT2D eigenvalue weighted by Crippen LogP contribution is -2.11. The lowest BCUT2D eigenvalue weighted by atomic mass is 10.2. The van der Waals surface area contributed by atoms with E-state index < -0.39 is 0 Å². The van der Waals surface area contributed by atoms with E-state index in [1.54, 1.807) is 30.9 Å². The van der Waals surface area contributed by atoms with Crippen LogP contribution >= 0.6 is 11.3 Å². The summed E-state index contributed by atoms with van der Waals surface area (Å²) >= 11 is 1.56. The molecule has 0 saturated carbocycles. The van der Waals surface area contributed by atoms with Crippen LogP contribution in [0.15, 0.2) is 68.6 Å². The summed E-state index contributed by atoms with van der Waals surface area (Å²) in [6, 6.07) is 13.8. The lowest BCUT2D eigenvalue weighted by molar-refractivity contribution is 0.559. The molecule has 0 aliphatic rings. The van der Waals surface area contributed by atoms with Gasteiger partial charge >= 0.3 is 0 Å². The standard InChI is InChI=1S/C15H13N3OS/c1-16-15-18(17-10-13-8-5-9-19-13)14(11-20-15)12-6-3-2-4-7-12/h2-11H,1H3/b16-15?,17-10+. The van der Waals surface area contributed by atoms with Crippen LogP contribution in [-0.4, -0.2) is 17.9 Å². The third-order valence-electron chi connectivity index (χ3n) is 2.79. The van der Waals surface area contributed by atoms with E-state index in [-0.39, 0.29) is 0 Å². The van der Waals surface area contributed by atoms with E-state index in [1.807, 2.05) is 35.0 Å². The van der Waals surface area contributed by atoms with E-state index in [9.17, 15) is 0 Å². The van der Waals surface area contributed by atoms with Crippen LogP contribution in [0.5, 0.6) is 0 Å². The third-order valence-corrected chi connectivity index (χ3v) is 3.70. The second kappa shape index (κ2) is 5.71. The predicted molar refractivity (Wildman–Crippen MR) is 80.9 cm³/mol. The highest BCUT2D eigenvalue weighted by Gasteiger charge is 2.06. The summed E-state index contributed by atoms with van der Waals surface area (Å²) in [5, 5.41) is 6.52. The minimum absolute atomic E-state index is 0.713. The minimum Gasteiger partial charge on any atom is -0.463 e. The molecule has 0 aliphatic carbocycles. The Kier molecular flexibility index (Phi) is 3.60. The molecule has 0 fully saturated rings. The molecule has 0 aliphatic heterocycles. The topological polar surface area (TPSA) is 42.8 Å². The first-order valence-electron chi connectivity index (χ1n) is 6.15. The van der Waals surface area contributed by atoms with Crippen molar-refractivity contribution in [2.75, 3.05) is 7.05 Å². The summed E-state index contributed by atoms with van der Waals surface area (Å²) in [6.45, 7) is 0. The highest BCUT2D eigenvalue weighted by atomic mass is 32.1. The largest absolute Gasteiger partial charge is 0.463 e. The predicted octanol–water partition coefficient (Wildman–Crippen LogP) is 3.22. The monoisotopic (exact) mass is 283 g/mol. The number of hydrogen-bond donors (Lipinski definition) is 0. The zero-order valence-corrected chi connectivity index (χ0v) is 11.7. The molecule has 0 amide bonds. The fourth-order valence-electron chi connectivity index (χ4n) is 1.85. The maximum absolute atomic E-state index is 5.26. The zero-order valence-electron chi connectivity index (χ0n) is 10.9. The molecule has 4 nitrogen and oxygen atoms in total. The molecule has 0 atom stereocenters. The van der Waals surface area contributed by atoms with Gasteiger partial charge in [-0.3, -0.25) is 4.99 Å². The van der Waals surface area contributed by atoms with Crippen molar-refractivity contribution >= 4 is 17.6 Å². The highest BCUT2D eigenvalue weighted by molar-refractivity contribution is 7.07. The van der Waals surface area contributed by atoms with E-state index in [2.05, 4.69) is 27.6 Å². The fraction of sp³-hybridized carbons (Fsp3) is 0.0667. The van der Waals surface area contributed by atoms with Crippen LogP contribution in [-0.2, 0) is 0 Å². The normalized spacial score (nSPS) is 12.3. The summed E-state index contributed by atoms with van der Waals surface area (Å²) in [5.41, 5.74) is 2.12. The van der Waals surface area contributed by atoms with Crippen molar-refractivity contribution in [2.45, 2.75) is 0 Å². The van der Waals surface area contributed by atoms with Crippen molar-refractivity contribution in [3.8, 4) is 11.3 Å². The summed E-state index contributed by atoms with van der Waals surface area (Å²) in [7, 11) is 1.76. The van der Waals surface area contributed by atoms with Crippen LogP contribution in [0.25, 0.3) is 11.3 Å². The van der Waals surface area contributed by atoms with Crippen molar-refractivity contribution in [3.63, 3.8) is 0 Å². The number of thiazole rings is 1. The van der Waals surface area contributed by atoms with Gasteiger partial charge in [-0.1, -0.05) is 30.3 Å². The molecule has 0 saturated heterocycles. The number of furan rings is 1. The highest BCUT2D eigenvalue weighted by Crippen LogP contribution is 2.19. The maximum Gasteiger partial charge on any atom is 0.205 e. The molecule has 0 bridgehead atoms. The SMILES string of the molecule is CN=c1scc(-c2ccccc2)n1/N=C/c1ccco1. The summed E-state index contributed by atoms with van der Waals surface area (Å²) in [6.07, 6.45) is 3.32. The third kappa shape index (κ3) is 2.48. The van der Waals surface area contributed by atoms with E-state index in [0.717, 1.165) is 16.1 Å². The molecule has 20 heavy (non-hydrogen) atoms. The van der Waals surface area contributed by atoms with Crippen LogP contribution in [0.3, 0.4) is 0 Å². The summed E-state index contributed by atoms with van der Waals surface area (Å²) in [5.74, 6) is 0.713. The molecule has 2 heterocycles. The summed E-state index contributed by atoms with van der Waals surface area (Å²) in [4.78, 5) is 5.09. The molecular formula is C15H13N3OS.